The van der Waals surface area contributed by atoms with E-state index in [-0.39, 0.29) is 0 Å². The van der Waals surface area contributed by atoms with Gasteiger partial charge in [-0.1, -0.05) is 35.5 Å². The Hall–Kier alpha value is -3.02. The maximum Gasteiger partial charge on any atom is 0.261 e. The van der Waals surface area contributed by atoms with Gasteiger partial charge in [-0.2, -0.15) is 10.1 Å². The molecule has 2 unspecified atom stereocenters. The molecule has 0 radical (unpaired) electrons. The van der Waals surface area contributed by atoms with E-state index >= 15 is 0 Å². The van der Waals surface area contributed by atoms with Crippen LogP contribution < -0.4 is 0 Å². The van der Waals surface area contributed by atoms with Crippen LogP contribution in [0, 0.1) is 12.8 Å². The lowest BCUT2D eigenvalue weighted by atomic mass is 10.1. The van der Waals surface area contributed by atoms with Gasteiger partial charge in [0.25, 0.3) is 5.89 Å². The maximum atomic E-state index is 5.48. The first-order chi connectivity index (χ1) is 12.3. The molecule has 124 valence electrons. The molecule has 25 heavy (non-hydrogen) atoms. The van der Waals surface area contributed by atoms with Crippen LogP contribution in [0.25, 0.3) is 17.1 Å². The Kier molecular flexibility index (Phi) is 3.16. The van der Waals surface area contributed by atoms with Gasteiger partial charge in [-0.15, -0.1) is 0 Å². The summed E-state index contributed by atoms with van der Waals surface area (Å²) >= 11 is 0. The first-order valence-corrected chi connectivity index (χ1v) is 8.47. The van der Waals surface area contributed by atoms with Crippen molar-refractivity contribution >= 4 is 5.65 Å². The van der Waals surface area contributed by atoms with Gasteiger partial charge in [0.05, 0.1) is 17.5 Å². The van der Waals surface area contributed by atoms with Gasteiger partial charge in [-0.05, 0) is 30.7 Å². The summed E-state index contributed by atoms with van der Waals surface area (Å²) in [7, 11) is 0. The van der Waals surface area contributed by atoms with Crippen LogP contribution in [-0.4, -0.2) is 24.7 Å². The first-order valence-electron chi connectivity index (χ1n) is 8.47. The molecule has 1 aliphatic rings. The zero-order chi connectivity index (χ0) is 16.8. The number of fused-ring (bicyclic) bond motifs is 1. The van der Waals surface area contributed by atoms with E-state index in [2.05, 4.69) is 50.6 Å². The van der Waals surface area contributed by atoms with Gasteiger partial charge < -0.3 is 4.52 Å². The van der Waals surface area contributed by atoms with Crippen molar-refractivity contribution in [1.82, 2.24) is 24.7 Å². The van der Waals surface area contributed by atoms with E-state index in [1.807, 2.05) is 13.0 Å². The third kappa shape index (κ3) is 2.50. The van der Waals surface area contributed by atoms with Crippen LogP contribution in [0.1, 0.15) is 29.4 Å². The molecule has 4 aromatic rings. The minimum absolute atomic E-state index is 0.509. The van der Waals surface area contributed by atoms with Gasteiger partial charge >= 0.3 is 0 Å². The minimum atomic E-state index is 0.509. The van der Waals surface area contributed by atoms with Crippen LogP contribution in [0.5, 0.6) is 0 Å². The Morgan fingerprint density at radius 3 is 2.96 bits per heavy atom. The topological polar surface area (TPSA) is 69.1 Å². The van der Waals surface area contributed by atoms with Crippen molar-refractivity contribution < 1.29 is 4.52 Å². The molecule has 5 rings (SSSR count). The highest BCUT2D eigenvalue weighted by atomic mass is 16.5. The van der Waals surface area contributed by atoms with Gasteiger partial charge in [-0.25, -0.2) is 9.50 Å². The molecule has 3 aromatic heterocycles. The van der Waals surface area contributed by atoms with E-state index in [1.54, 1.807) is 16.9 Å². The molecule has 1 fully saturated rings. The van der Waals surface area contributed by atoms with E-state index in [9.17, 15) is 0 Å². The van der Waals surface area contributed by atoms with Crippen molar-refractivity contribution in [2.24, 2.45) is 5.92 Å². The van der Waals surface area contributed by atoms with Crippen molar-refractivity contribution in [3.63, 3.8) is 0 Å². The van der Waals surface area contributed by atoms with E-state index in [4.69, 9.17) is 4.52 Å². The number of hydrogen-bond donors (Lipinski definition) is 0. The van der Waals surface area contributed by atoms with Gasteiger partial charge in [-0.3, -0.25) is 0 Å². The largest absolute Gasteiger partial charge is 0.334 e. The molecule has 0 N–H and O–H groups in total. The van der Waals surface area contributed by atoms with Crippen molar-refractivity contribution in [3.05, 3.63) is 65.9 Å². The number of nitrogens with zero attached hydrogens (tertiary/aromatic N) is 5. The maximum absolute atomic E-state index is 5.48. The quantitative estimate of drug-likeness (QED) is 0.573. The second kappa shape index (κ2) is 5.51. The normalized spacial score (nSPS) is 19.4. The smallest absolute Gasteiger partial charge is 0.261 e. The predicted octanol–water partition coefficient (Wildman–Crippen LogP) is 3.43. The molecule has 1 saturated carbocycles. The van der Waals surface area contributed by atoms with Crippen LogP contribution >= 0.6 is 0 Å². The van der Waals surface area contributed by atoms with Gasteiger partial charge in [0.2, 0.25) is 0 Å². The summed E-state index contributed by atoms with van der Waals surface area (Å²) in [6.45, 7) is 1.98. The summed E-state index contributed by atoms with van der Waals surface area (Å²) in [6.07, 6.45) is 5.54. The van der Waals surface area contributed by atoms with Gasteiger partial charge in [0.15, 0.2) is 11.5 Å². The Morgan fingerprint density at radius 2 is 2.08 bits per heavy atom. The summed E-state index contributed by atoms with van der Waals surface area (Å²) in [5.74, 6) is 2.49. The van der Waals surface area contributed by atoms with Gasteiger partial charge in [0, 0.05) is 18.7 Å². The summed E-state index contributed by atoms with van der Waals surface area (Å²) in [5.41, 5.74) is 3.98. The molecule has 0 bridgehead atoms. The molecule has 0 amide bonds. The van der Waals surface area contributed by atoms with Crippen LogP contribution in [0.2, 0.25) is 0 Å². The number of rotatable bonds is 4. The highest BCUT2D eigenvalue weighted by molar-refractivity contribution is 5.57. The lowest BCUT2D eigenvalue weighted by Gasteiger charge is -2.02. The Morgan fingerprint density at radius 1 is 1.20 bits per heavy atom. The third-order valence-electron chi connectivity index (χ3n) is 4.95. The zero-order valence-corrected chi connectivity index (χ0v) is 13.8. The summed E-state index contributed by atoms with van der Waals surface area (Å²) in [5, 5.41) is 8.44. The fourth-order valence-electron chi connectivity index (χ4n) is 3.46. The summed E-state index contributed by atoms with van der Waals surface area (Å²) in [4.78, 5) is 8.97. The monoisotopic (exact) mass is 331 g/mol. The second-order valence-corrected chi connectivity index (χ2v) is 6.59. The standard InChI is InChI=1S/C19H17N5O/c1-12-16(11-20-18-7-8-21-24(12)18)19-22-17(23-25-19)10-14-9-15(14)13-5-3-2-4-6-13/h2-8,11,14-15H,9-10H2,1H3. The molecular weight excluding hydrogens is 314 g/mol. The predicted molar refractivity (Wildman–Crippen MR) is 92.0 cm³/mol. The Balaban J connectivity index is 1.36. The van der Waals surface area contributed by atoms with Crippen molar-refractivity contribution in [1.29, 1.82) is 0 Å². The molecule has 6 nitrogen and oxygen atoms in total. The first kappa shape index (κ1) is 14.3. The van der Waals surface area contributed by atoms with E-state index < -0.39 is 0 Å². The third-order valence-corrected chi connectivity index (χ3v) is 4.95. The Labute approximate surface area is 144 Å². The summed E-state index contributed by atoms with van der Waals surface area (Å²) in [6, 6.07) is 12.5. The molecule has 3 heterocycles. The van der Waals surface area contributed by atoms with Crippen LogP contribution in [0.3, 0.4) is 0 Å². The fourth-order valence-corrected chi connectivity index (χ4v) is 3.46. The lowest BCUT2D eigenvalue weighted by molar-refractivity contribution is 0.420. The molecule has 6 heteroatoms. The van der Waals surface area contributed by atoms with E-state index in [0.29, 0.717) is 17.7 Å². The van der Waals surface area contributed by atoms with Crippen molar-refractivity contribution in [2.45, 2.75) is 25.7 Å². The van der Waals surface area contributed by atoms with E-state index in [1.165, 1.54) is 12.0 Å². The SMILES string of the molecule is Cc1c(-c2nc(CC3CC3c3ccccc3)no2)cnc2ccnn12. The van der Waals surface area contributed by atoms with Crippen LogP contribution in [0.4, 0.5) is 0 Å². The number of benzene rings is 1. The van der Waals surface area contributed by atoms with Crippen LogP contribution in [0.15, 0.2) is 53.3 Å². The minimum Gasteiger partial charge on any atom is -0.334 e. The zero-order valence-electron chi connectivity index (χ0n) is 13.8. The second-order valence-electron chi connectivity index (χ2n) is 6.59. The number of hydrogen-bond acceptors (Lipinski definition) is 5. The average Bonchev–Trinajstić information content (AvgIpc) is 3.03. The highest BCUT2D eigenvalue weighted by Crippen LogP contribution is 2.48. The fraction of sp³-hybridized carbons (Fsp3) is 0.263. The van der Waals surface area contributed by atoms with Crippen LogP contribution in [-0.2, 0) is 6.42 Å². The molecule has 0 saturated heterocycles. The Bertz CT molecular complexity index is 1040. The molecule has 0 aliphatic heterocycles. The molecular formula is C19H17N5O. The summed E-state index contributed by atoms with van der Waals surface area (Å²) < 4.78 is 7.27. The molecule has 1 aromatic carbocycles. The van der Waals surface area contributed by atoms with Crippen molar-refractivity contribution in [2.75, 3.05) is 0 Å². The molecule has 1 aliphatic carbocycles. The highest BCUT2D eigenvalue weighted by Gasteiger charge is 2.39. The average molecular weight is 331 g/mol. The number of aromatic nitrogens is 5. The molecule has 0 spiro atoms. The van der Waals surface area contributed by atoms with Crippen molar-refractivity contribution in [3.8, 4) is 11.5 Å². The lowest BCUT2D eigenvalue weighted by Crippen LogP contribution is -1.99. The molecule has 2 atom stereocenters. The number of aryl methyl sites for hydroxylation is 1. The van der Waals surface area contributed by atoms with Gasteiger partial charge in [0.1, 0.15) is 0 Å². The van der Waals surface area contributed by atoms with E-state index in [0.717, 1.165) is 29.1 Å².